The standard InChI is InChI=1S/C17H16O3/c1-19-15-7-4-6-12(10-15)14-9-13-5-2-3-8-16(13)20-17(18)11-14/h2-8,10,14H,9,11H2,1H3. The summed E-state index contributed by atoms with van der Waals surface area (Å²) in [6, 6.07) is 15.6. The molecular weight excluding hydrogens is 252 g/mol. The molecule has 3 nitrogen and oxygen atoms in total. The summed E-state index contributed by atoms with van der Waals surface area (Å²) in [7, 11) is 1.65. The summed E-state index contributed by atoms with van der Waals surface area (Å²) >= 11 is 0. The first kappa shape index (κ1) is 12.7. The lowest BCUT2D eigenvalue weighted by Crippen LogP contribution is -2.10. The van der Waals surface area contributed by atoms with Crippen LogP contribution in [0.15, 0.2) is 48.5 Å². The van der Waals surface area contributed by atoms with Gasteiger partial charge in [-0.3, -0.25) is 4.79 Å². The minimum Gasteiger partial charge on any atom is -0.497 e. The molecule has 0 saturated heterocycles. The van der Waals surface area contributed by atoms with Crippen LogP contribution in [0.5, 0.6) is 11.5 Å². The van der Waals surface area contributed by atoms with Gasteiger partial charge in [0.05, 0.1) is 13.5 Å². The lowest BCUT2D eigenvalue weighted by atomic mass is 9.89. The highest BCUT2D eigenvalue weighted by Gasteiger charge is 2.24. The maximum Gasteiger partial charge on any atom is 0.311 e. The maximum atomic E-state index is 11.9. The summed E-state index contributed by atoms with van der Waals surface area (Å²) in [5, 5.41) is 0. The fourth-order valence-electron chi connectivity index (χ4n) is 2.61. The van der Waals surface area contributed by atoms with Gasteiger partial charge in [-0.2, -0.15) is 0 Å². The molecule has 1 unspecified atom stereocenters. The Labute approximate surface area is 118 Å². The Kier molecular flexibility index (Phi) is 3.42. The molecule has 0 fully saturated rings. The van der Waals surface area contributed by atoms with Crippen LogP contribution >= 0.6 is 0 Å². The smallest absolute Gasteiger partial charge is 0.311 e. The minimum atomic E-state index is -0.178. The zero-order valence-electron chi connectivity index (χ0n) is 11.3. The molecule has 0 spiro atoms. The van der Waals surface area contributed by atoms with Crippen LogP contribution in [0.25, 0.3) is 0 Å². The normalized spacial score (nSPS) is 17.9. The minimum absolute atomic E-state index is 0.126. The number of para-hydroxylation sites is 1. The van der Waals surface area contributed by atoms with Gasteiger partial charge in [0, 0.05) is 0 Å². The molecule has 2 aromatic carbocycles. The summed E-state index contributed by atoms with van der Waals surface area (Å²) in [5.74, 6) is 1.44. The van der Waals surface area contributed by atoms with Crippen molar-refractivity contribution in [3.8, 4) is 11.5 Å². The third-order valence-electron chi connectivity index (χ3n) is 3.64. The Morgan fingerprint density at radius 1 is 1.10 bits per heavy atom. The van der Waals surface area contributed by atoms with E-state index in [1.54, 1.807) is 7.11 Å². The van der Waals surface area contributed by atoms with Gasteiger partial charge < -0.3 is 9.47 Å². The van der Waals surface area contributed by atoms with Gasteiger partial charge >= 0.3 is 5.97 Å². The number of carbonyl (C=O) groups excluding carboxylic acids is 1. The van der Waals surface area contributed by atoms with E-state index in [-0.39, 0.29) is 11.9 Å². The average Bonchev–Trinajstić information content (AvgIpc) is 2.65. The monoisotopic (exact) mass is 268 g/mol. The number of benzene rings is 2. The van der Waals surface area contributed by atoms with E-state index in [0.717, 1.165) is 23.3 Å². The second kappa shape index (κ2) is 5.37. The number of esters is 1. The van der Waals surface area contributed by atoms with E-state index in [0.29, 0.717) is 12.2 Å². The first-order valence-electron chi connectivity index (χ1n) is 6.69. The second-order valence-corrected chi connectivity index (χ2v) is 4.96. The van der Waals surface area contributed by atoms with Crippen molar-refractivity contribution < 1.29 is 14.3 Å². The molecule has 0 aliphatic carbocycles. The number of hydrogen-bond donors (Lipinski definition) is 0. The van der Waals surface area contributed by atoms with Crippen LogP contribution < -0.4 is 9.47 Å². The predicted molar refractivity (Wildman–Crippen MR) is 76.1 cm³/mol. The molecule has 2 aromatic rings. The Balaban J connectivity index is 1.96. The van der Waals surface area contributed by atoms with Gasteiger partial charge in [-0.05, 0) is 41.7 Å². The highest BCUT2D eigenvalue weighted by molar-refractivity contribution is 5.75. The molecule has 0 amide bonds. The predicted octanol–water partition coefficient (Wildman–Crippen LogP) is 3.33. The molecule has 0 N–H and O–H groups in total. The van der Waals surface area contributed by atoms with Crippen LogP contribution in [0, 0.1) is 0 Å². The number of rotatable bonds is 2. The average molecular weight is 268 g/mol. The van der Waals surface area contributed by atoms with E-state index >= 15 is 0 Å². The van der Waals surface area contributed by atoms with Crippen molar-refractivity contribution >= 4 is 5.97 Å². The largest absolute Gasteiger partial charge is 0.497 e. The molecular formula is C17H16O3. The lowest BCUT2D eigenvalue weighted by Gasteiger charge is -2.14. The van der Waals surface area contributed by atoms with Crippen LogP contribution in [-0.4, -0.2) is 13.1 Å². The van der Waals surface area contributed by atoms with E-state index in [1.165, 1.54) is 0 Å². The number of ether oxygens (including phenoxy) is 2. The van der Waals surface area contributed by atoms with E-state index in [9.17, 15) is 4.79 Å². The molecule has 3 heteroatoms. The lowest BCUT2D eigenvalue weighted by molar-refractivity contribution is -0.134. The number of hydrogen-bond acceptors (Lipinski definition) is 3. The summed E-state index contributed by atoms with van der Waals surface area (Å²) in [6.45, 7) is 0. The summed E-state index contributed by atoms with van der Waals surface area (Å²) in [4.78, 5) is 11.9. The Morgan fingerprint density at radius 3 is 2.80 bits per heavy atom. The van der Waals surface area contributed by atoms with Gasteiger partial charge in [-0.1, -0.05) is 30.3 Å². The van der Waals surface area contributed by atoms with E-state index in [4.69, 9.17) is 9.47 Å². The van der Waals surface area contributed by atoms with Crippen LogP contribution in [0.3, 0.4) is 0 Å². The molecule has 102 valence electrons. The molecule has 0 saturated carbocycles. The van der Waals surface area contributed by atoms with E-state index in [2.05, 4.69) is 0 Å². The molecule has 0 radical (unpaired) electrons. The highest BCUT2D eigenvalue weighted by Crippen LogP contribution is 2.33. The molecule has 20 heavy (non-hydrogen) atoms. The van der Waals surface area contributed by atoms with Crippen molar-refractivity contribution in [2.24, 2.45) is 0 Å². The van der Waals surface area contributed by atoms with E-state index in [1.807, 2.05) is 48.5 Å². The Morgan fingerprint density at radius 2 is 1.95 bits per heavy atom. The third-order valence-corrected chi connectivity index (χ3v) is 3.64. The van der Waals surface area contributed by atoms with Crippen LogP contribution in [-0.2, 0) is 11.2 Å². The third kappa shape index (κ3) is 2.52. The summed E-state index contributed by atoms with van der Waals surface area (Å²) in [5.41, 5.74) is 2.18. The van der Waals surface area contributed by atoms with Gasteiger partial charge in [0.1, 0.15) is 11.5 Å². The number of fused-ring (bicyclic) bond motifs is 1. The summed E-state index contributed by atoms with van der Waals surface area (Å²) < 4.78 is 10.7. The topological polar surface area (TPSA) is 35.5 Å². The van der Waals surface area contributed by atoms with Crippen molar-refractivity contribution in [3.63, 3.8) is 0 Å². The SMILES string of the molecule is COc1cccc(C2CC(=O)Oc3ccccc3C2)c1. The van der Waals surface area contributed by atoms with Gasteiger partial charge in [0.25, 0.3) is 0 Å². The first-order valence-corrected chi connectivity index (χ1v) is 6.69. The maximum absolute atomic E-state index is 11.9. The molecule has 3 rings (SSSR count). The summed E-state index contributed by atoms with van der Waals surface area (Å²) in [6.07, 6.45) is 1.19. The van der Waals surface area contributed by atoms with Crippen molar-refractivity contribution in [3.05, 3.63) is 59.7 Å². The molecule has 0 bridgehead atoms. The van der Waals surface area contributed by atoms with Crippen molar-refractivity contribution in [2.75, 3.05) is 7.11 Å². The molecule has 1 aliphatic rings. The van der Waals surface area contributed by atoms with Gasteiger partial charge in [-0.25, -0.2) is 0 Å². The molecule has 1 atom stereocenters. The molecule has 0 aromatic heterocycles. The Hall–Kier alpha value is -2.29. The molecule has 1 heterocycles. The number of carbonyl (C=O) groups is 1. The zero-order chi connectivity index (χ0) is 13.9. The van der Waals surface area contributed by atoms with Gasteiger partial charge in [0.15, 0.2) is 0 Å². The van der Waals surface area contributed by atoms with Crippen molar-refractivity contribution in [1.29, 1.82) is 0 Å². The highest BCUT2D eigenvalue weighted by atomic mass is 16.5. The quantitative estimate of drug-likeness (QED) is 0.619. The second-order valence-electron chi connectivity index (χ2n) is 4.96. The van der Waals surface area contributed by atoms with Crippen LogP contribution in [0.4, 0.5) is 0 Å². The zero-order valence-corrected chi connectivity index (χ0v) is 11.3. The Bertz CT molecular complexity index is 634. The molecule has 1 aliphatic heterocycles. The van der Waals surface area contributed by atoms with Crippen LogP contribution in [0.2, 0.25) is 0 Å². The fourth-order valence-corrected chi connectivity index (χ4v) is 2.61. The van der Waals surface area contributed by atoms with Crippen molar-refractivity contribution in [1.82, 2.24) is 0 Å². The van der Waals surface area contributed by atoms with Gasteiger partial charge in [0.2, 0.25) is 0 Å². The van der Waals surface area contributed by atoms with E-state index < -0.39 is 0 Å². The first-order chi connectivity index (χ1) is 9.76. The van der Waals surface area contributed by atoms with Crippen LogP contribution in [0.1, 0.15) is 23.5 Å². The van der Waals surface area contributed by atoms with Gasteiger partial charge in [-0.15, -0.1) is 0 Å². The number of methoxy groups -OCH3 is 1. The fraction of sp³-hybridized carbons (Fsp3) is 0.235. The van der Waals surface area contributed by atoms with Crippen molar-refractivity contribution in [2.45, 2.75) is 18.8 Å².